The molecule has 2 aromatic carbocycles. The molecule has 0 heterocycles. The highest BCUT2D eigenvalue weighted by Crippen LogP contribution is 2.31. The molecule has 2 aromatic rings. The first-order chi connectivity index (χ1) is 8.59. The van der Waals surface area contributed by atoms with Gasteiger partial charge in [0.15, 0.2) is 0 Å². The molecule has 1 unspecified atom stereocenters. The molecule has 0 bridgehead atoms. The van der Waals surface area contributed by atoms with Crippen LogP contribution < -0.4 is 0 Å². The maximum atomic E-state index is 10.2. The number of aliphatic hydroxyl groups is 1. The van der Waals surface area contributed by atoms with Gasteiger partial charge in [-0.2, -0.15) is 0 Å². The number of benzene rings is 2. The molecule has 1 N–H and O–H groups in total. The average molecular weight is 302 g/mol. The van der Waals surface area contributed by atoms with Crippen LogP contribution in [-0.4, -0.2) is 5.11 Å². The van der Waals surface area contributed by atoms with Gasteiger partial charge in [0.25, 0.3) is 0 Å². The van der Waals surface area contributed by atoms with Gasteiger partial charge in [-0.3, -0.25) is 0 Å². The molecule has 0 aliphatic heterocycles. The minimum atomic E-state index is -0.726. The Morgan fingerprint density at radius 1 is 0.833 bits per heavy atom. The van der Waals surface area contributed by atoms with E-state index in [0.717, 1.165) is 5.56 Å². The molecule has 0 aliphatic rings. The van der Waals surface area contributed by atoms with Crippen molar-refractivity contribution < 1.29 is 5.11 Å². The molecule has 2 rings (SSSR count). The lowest BCUT2D eigenvalue weighted by atomic mass is 10.0. The first-order valence-electron chi connectivity index (χ1n) is 5.45. The maximum absolute atomic E-state index is 10.2. The van der Waals surface area contributed by atoms with Crippen molar-refractivity contribution in [1.29, 1.82) is 0 Å². The first kappa shape index (κ1) is 13.7. The number of halogens is 3. The normalized spacial score (nSPS) is 12.4. The molecule has 1 atom stereocenters. The minimum absolute atomic E-state index is 0.336. The van der Waals surface area contributed by atoms with Gasteiger partial charge in [0.2, 0.25) is 0 Å². The molecular weight excluding hydrogens is 291 g/mol. The zero-order valence-corrected chi connectivity index (χ0v) is 11.7. The Morgan fingerprint density at radius 2 is 1.39 bits per heavy atom. The van der Waals surface area contributed by atoms with Crippen LogP contribution in [-0.2, 0) is 6.42 Å². The van der Waals surface area contributed by atoms with Gasteiger partial charge in [0, 0.05) is 21.5 Å². The summed E-state index contributed by atoms with van der Waals surface area (Å²) in [4.78, 5) is 0. The van der Waals surface area contributed by atoms with Gasteiger partial charge in [-0.05, 0) is 29.3 Å². The van der Waals surface area contributed by atoms with Crippen molar-refractivity contribution in [3.63, 3.8) is 0 Å². The van der Waals surface area contributed by atoms with Gasteiger partial charge < -0.3 is 5.11 Å². The number of rotatable bonds is 3. The van der Waals surface area contributed by atoms with Crippen LogP contribution in [0, 0.1) is 0 Å². The van der Waals surface area contributed by atoms with Crippen LogP contribution >= 0.6 is 34.8 Å². The molecule has 4 heteroatoms. The van der Waals surface area contributed by atoms with E-state index in [4.69, 9.17) is 34.8 Å². The highest BCUT2D eigenvalue weighted by Gasteiger charge is 2.15. The van der Waals surface area contributed by atoms with Crippen LogP contribution in [0.3, 0.4) is 0 Å². The molecule has 1 nitrogen and oxygen atoms in total. The monoisotopic (exact) mass is 300 g/mol. The predicted octanol–water partition coefficient (Wildman–Crippen LogP) is 4.92. The van der Waals surface area contributed by atoms with E-state index in [-0.39, 0.29) is 0 Å². The zero-order valence-electron chi connectivity index (χ0n) is 9.41. The molecule has 0 fully saturated rings. The lowest BCUT2D eigenvalue weighted by molar-refractivity contribution is 0.178. The summed E-state index contributed by atoms with van der Waals surface area (Å²) in [5.74, 6) is 0. The van der Waals surface area contributed by atoms with Gasteiger partial charge in [0.05, 0.1) is 6.10 Å². The van der Waals surface area contributed by atoms with E-state index in [2.05, 4.69) is 0 Å². The summed E-state index contributed by atoms with van der Waals surface area (Å²) < 4.78 is 0. The third kappa shape index (κ3) is 2.99. The Morgan fingerprint density at radius 3 is 2.00 bits per heavy atom. The predicted molar refractivity (Wildman–Crippen MR) is 76.6 cm³/mol. The molecule has 0 amide bonds. The van der Waals surface area contributed by atoms with Gasteiger partial charge >= 0.3 is 0 Å². The fourth-order valence-corrected chi connectivity index (χ4v) is 2.59. The molecule has 0 radical (unpaired) electrons. The van der Waals surface area contributed by atoms with Crippen LogP contribution in [0.1, 0.15) is 17.2 Å². The second-order valence-corrected chi connectivity index (χ2v) is 5.16. The van der Waals surface area contributed by atoms with Gasteiger partial charge in [0.1, 0.15) is 0 Å². The standard InChI is InChI=1S/C14H11Cl3O/c15-11-5-2-1-4-9(11)14(18)8-10-12(16)6-3-7-13(10)17/h1-7,14,18H,8H2. The first-order valence-corrected chi connectivity index (χ1v) is 6.58. The summed E-state index contributed by atoms with van der Waals surface area (Å²) in [6.07, 6.45) is -0.390. The number of aliphatic hydroxyl groups excluding tert-OH is 1. The van der Waals surface area contributed by atoms with Crippen molar-refractivity contribution >= 4 is 34.8 Å². The van der Waals surface area contributed by atoms with E-state index in [1.165, 1.54) is 0 Å². The van der Waals surface area contributed by atoms with Crippen LogP contribution in [0.4, 0.5) is 0 Å². The second-order valence-electron chi connectivity index (χ2n) is 3.94. The third-order valence-corrected chi connectivity index (χ3v) is 3.78. The Kier molecular flexibility index (Phi) is 4.52. The number of hydrogen-bond acceptors (Lipinski definition) is 1. The summed E-state index contributed by atoms with van der Waals surface area (Å²) in [5.41, 5.74) is 1.41. The molecule has 0 spiro atoms. The van der Waals surface area contributed by atoms with Crippen molar-refractivity contribution in [2.24, 2.45) is 0 Å². The van der Waals surface area contributed by atoms with Gasteiger partial charge in [-0.15, -0.1) is 0 Å². The summed E-state index contributed by atoms with van der Waals surface area (Å²) in [7, 11) is 0. The van der Waals surface area contributed by atoms with Crippen LogP contribution in [0.2, 0.25) is 15.1 Å². The Hall–Kier alpha value is -0.730. The SMILES string of the molecule is OC(Cc1c(Cl)cccc1Cl)c1ccccc1Cl. The van der Waals surface area contributed by atoms with Crippen LogP contribution in [0.5, 0.6) is 0 Å². The van der Waals surface area contributed by atoms with Crippen LogP contribution in [0.15, 0.2) is 42.5 Å². The summed E-state index contributed by atoms with van der Waals surface area (Å²) >= 11 is 18.2. The number of hydrogen-bond donors (Lipinski definition) is 1. The topological polar surface area (TPSA) is 20.2 Å². The maximum Gasteiger partial charge on any atom is 0.0845 e. The van der Waals surface area contributed by atoms with Crippen molar-refractivity contribution in [2.75, 3.05) is 0 Å². The van der Waals surface area contributed by atoms with E-state index in [9.17, 15) is 5.11 Å². The van der Waals surface area contributed by atoms with Crippen LogP contribution in [0.25, 0.3) is 0 Å². The molecule has 0 aromatic heterocycles. The summed E-state index contributed by atoms with van der Waals surface area (Å²) in [5, 5.41) is 11.8. The quantitative estimate of drug-likeness (QED) is 0.853. The van der Waals surface area contributed by atoms with Gasteiger partial charge in [-0.25, -0.2) is 0 Å². The van der Waals surface area contributed by atoms with Crippen molar-refractivity contribution in [3.8, 4) is 0 Å². The zero-order chi connectivity index (χ0) is 13.1. The molecule has 0 aliphatic carbocycles. The van der Waals surface area contributed by atoms with E-state index < -0.39 is 6.10 Å². The van der Waals surface area contributed by atoms with Gasteiger partial charge in [-0.1, -0.05) is 59.1 Å². The third-order valence-electron chi connectivity index (χ3n) is 2.72. The summed E-state index contributed by atoms with van der Waals surface area (Å²) in [6, 6.07) is 12.5. The molecule has 0 saturated heterocycles. The Bertz CT molecular complexity index is 534. The van der Waals surface area contributed by atoms with Crippen molar-refractivity contribution in [3.05, 3.63) is 68.7 Å². The van der Waals surface area contributed by atoms with Crippen molar-refractivity contribution in [2.45, 2.75) is 12.5 Å². The van der Waals surface area contributed by atoms with E-state index in [1.807, 2.05) is 12.1 Å². The van der Waals surface area contributed by atoms with E-state index in [0.29, 0.717) is 27.1 Å². The molecule has 0 saturated carbocycles. The molecule has 94 valence electrons. The highest BCUT2D eigenvalue weighted by atomic mass is 35.5. The van der Waals surface area contributed by atoms with E-state index >= 15 is 0 Å². The highest BCUT2D eigenvalue weighted by molar-refractivity contribution is 6.36. The minimum Gasteiger partial charge on any atom is -0.388 e. The lowest BCUT2D eigenvalue weighted by Crippen LogP contribution is -2.03. The Labute approximate surface area is 121 Å². The lowest BCUT2D eigenvalue weighted by Gasteiger charge is -2.14. The molecular formula is C14H11Cl3O. The fourth-order valence-electron chi connectivity index (χ4n) is 1.78. The van der Waals surface area contributed by atoms with Crippen molar-refractivity contribution in [1.82, 2.24) is 0 Å². The Balaban J connectivity index is 2.27. The smallest absolute Gasteiger partial charge is 0.0845 e. The molecule has 18 heavy (non-hydrogen) atoms. The fraction of sp³-hybridized carbons (Fsp3) is 0.143. The average Bonchev–Trinajstić information content (AvgIpc) is 2.34. The second kappa shape index (κ2) is 5.94. The largest absolute Gasteiger partial charge is 0.388 e. The van der Waals surface area contributed by atoms with E-state index in [1.54, 1.807) is 30.3 Å². The summed E-state index contributed by atoms with van der Waals surface area (Å²) in [6.45, 7) is 0.